The monoisotopic (exact) mass is 661 g/mol. The predicted octanol–water partition coefficient (Wildman–Crippen LogP) is 6.46. The average Bonchev–Trinajstić information content (AvgIpc) is 3.68. The molecule has 0 spiro atoms. The number of nitriles is 1. The zero-order chi connectivity index (χ0) is 33.7. The van der Waals surface area contributed by atoms with Gasteiger partial charge in [-0.1, -0.05) is 44.2 Å². The Morgan fingerprint density at radius 3 is 2.43 bits per heavy atom. The maximum atomic E-state index is 12.4. The number of hydrogen-bond acceptors (Lipinski definition) is 9. The number of aromatic nitrogens is 4. The van der Waals surface area contributed by atoms with E-state index in [0.717, 1.165) is 16.9 Å². The van der Waals surface area contributed by atoms with Gasteiger partial charge in [-0.2, -0.15) is 5.26 Å². The molecule has 5 aromatic rings. The van der Waals surface area contributed by atoms with Crippen LogP contribution in [0, 0.1) is 18.3 Å². The summed E-state index contributed by atoms with van der Waals surface area (Å²) >= 11 is 1.38. The van der Waals surface area contributed by atoms with Gasteiger partial charge in [0.2, 0.25) is 6.35 Å². The van der Waals surface area contributed by atoms with Gasteiger partial charge in [0.15, 0.2) is 10.6 Å². The number of ether oxygens (including phenoxy) is 2. The number of nitrogens with one attached hydrogen (secondary N) is 1. The SMILES string of the molecule is COc1ccc(C(C)C)c(-n2c(C)cs/c2=N\C(O)N/C=C(\C#N)c2ccc(-c3ncn(-c4ccc(OC(F)(F)F)cc4)n3)cc2)c1. The molecule has 3 aromatic carbocycles. The van der Waals surface area contributed by atoms with Gasteiger partial charge in [0, 0.05) is 28.9 Å². The molecule has 0 saturated carbocycles. The third-order valence-electron chi connectivity index (χ3n) is 6.99. The van der Waals surface area contributed by atoms with Crippen LogP contribution in [0.25, 0.3) is 28.3 Å². The van der Waals surface area contributed by atoms with E-state index in [4.69, 9.17) is 4.74 Å². The summed E-state index contributed by atoms with van der Waals surface area (Å²) in [6.45, 7) is 6.17. The van der Waals surface area contributed by atoms with E-state index in [2.05, 4.69) is 45.0 Å². The number of alkyl halides is 3. The highest BCUT2D eigenvalue weighted by Gasteiger charge is 2.31. The molecule has 5 rings (SSSR count). The van der Waals surface area contributed by atoms with Crippen LogP contribution in [0.5, 0.6) is 11.5 Å². The molecule has 2 aromatic heterocycles. The van der Waals surface area contributed by atoms with Crippen molar-refractivity contribution in [3.05, 3.63) is 106 Å². The summed E-state index contributed by atoms with van der Waals surface area (Å²) in [4.78, 5) is 9.32. The fraction of sp³-hybridized carbons (Fsp3) is 0.212. The smallest absolute Gasteiger partial charge is 0.497 e. The quantitative estimate of drug-likeness (QED) is 0.130. The Morgan fingerprint density at radius 2 is 1.79 bits per heavy atom. The molecule has 1 unspecified atom stereocenters. The first-order valence-electron chi connectivity index (χ1n) is 14.3. The number of methoxy groups -OCH3 is 1. The number of benzene rings is 3. The molecular formula is C33H30F3N7O3S. The highest BCUT2D eigenvalue weighted by atomic mass is 32.1. The second-order valence-corrected chi connectivity index (χ2v) is 11.4. The van der Waals surface area contributed by atoms with E-state index in [1.807, 2.05) is 35.1 Å². The van der Waals surface area contributed by atoms with Gasteiger partial charge in [-0.05, 0) is 54.3 Å². The third kappa shape index (κ3) is 7.89. The van der Waals surface area contributed by atoms with Crippen LogP contribution in [0.4, 0.5) is 13.2 Å². The van der Waals surface area contributed by atoms with Gasteiger partial charge in [-0.25, -0.2) is 14.7 Å². The van der Waals surface area contributed by atoms with Gasteiger partial charge in [0.1, 0.15) is 23.9 Å². The fourth-order valence-electron chi connectivity index (χ4n) is 4.71. The summed E-state index contributed by atoms with van der Waals surface area (Å²) in [5.41, 5.74) is 4.93. The molecule has 0 saturated heterocycles. The Hall–Kier alpha value is -5.39. The first kappa shape index (κ1) is 33.0. The summed E-state index contributed by atoms with van der Waals surface area (Å²) < 4.78 is 50.1. The predicted molar refractivity (Wildman–Crippen MR) is 171 cm³/mol. The molecule has 0 radical (unpaired) electrons. The molecule has 0 amide bonds. The van der Waals surface area contributed by atoms with Crippen LogP contribution >= 0.6 is 11.3 Å². The topological polar surface area (TPSA) is 123 Å². The van der Waals surface area contributed by atoms with Crippen molar-refractivity contribution in [3.8, 4) is 40.3 Å². The van der Waals surface area contributed by atoms with Crippen LogP contribution in [-0.2, 0) is 0 Å². The first-order chi connectivity index (χ1) is 22.5. The van der Waals surface area contributed by atoms with Gasteiger partial charge >= 0.3 is 6.36 Å². The standard InChI is InChI=1S/C33H30F3N7O3S/c1-20(2)28-14-13-27(45-4)15-29(28)43-21(3)18-47-32(43)40-31(44)38-17-24(16-37)22-5-7-23(8-6-22)30-39-19-42(41-30)25-9-11-26(12-10-25)46-33(34,35)36/h5-15,17-20,31,38,44H,1-4H3/b24-17+,40-32-. The van der Waals surface area contributed by atoms with Crippen LogP contribution in [0.1, 0.15) is 36.6 Å². The Morgan fingerprint density at radius 1 is 1.09 bits per heavy atom. The van der Waals surface area contributed by atoms with Crippen LogP contribution in [0.2, 0.25) is 0 Å². The van der Waals surface area contributed by atoms with Crippen molar-refractivity contribution in [1.29, 1.82) is 5.26 Å². The molecule has 10 nitrogen and oxygen atoms in total. The normalized spacial score (nSPS) is 13.0. The van der Waals surface area contributed by atoms with Crippen LogP contribution < -0.4 is 19.6 Å². The third-order valence-corrected chi connectivity index (χ3v) is 7.95. The lowest BCUT2D eigenvalue weighted by Gasteiger charge is -2.17. The molecule has 2 N–H and O–H groups in total. The lowest BCUT2D eigenvalue weighted by atomic mass is 10.0. The van der Waals surface area contributed by atoms with Gasteiger partial charge in [-0.3, -0.25) is 4.57 Å². The van der Waals surface area contributed by atoms with Crippen molar-refractivity contribution < 1.29 is 27.8 Å². The highest BCUT2D eigenvalue weighted by molar-refractivity contribution is 7.07. The van der Waals surface area contributed by atoms with E-state index in [1.165, 1.54) is 52.8 Å². The zero-order valence-corrected chi connectivity index (χ0v) is 26.5. The van der Waals surface area contributed by atoms with Gasteiger partial charge in [0.25, 0.3) is 0 Å². The molecular weight excluding hydrogens is 631 g/mol. The van der Waals surface area contributed by atoms with E-state index >= 15 is 0 Å². The molecule has 0 aliphatic rings. The molecule has 2 heterocycles. The maximum absolute atomic E-state index is 12.4. The molecule has 0 aliphatic heterocycles. The van der Waals surface area contributed by atoms with Crippen molar-refractivity contribution in [2.24, 2.45) is 4.99 Å². The van der Waals surface area contributed by atoms with Crippen molar-refractivity contribution in [2.75, 3.05) is 7.11 Å². The number of aliphatic hydroxyl groups is 1. The Bertz CT molecular complexity index is 1990. The van der Waals surface area contributed by atoms with Crippen LogP contribution in [-0.4, -0.2) is 44.3 Å². The minimum atomic E-state index is -4.78. The van der Waals surface area contributed by atoms with Gasteiger partial charge < -0.3 is 19.9 Å². The fourth-order valence-corrected chi connectivity index (χ4v) is 5.60. The largest absolute Gasteiger partial charge is 0.573 e. The Balaban J connectivity index is 1.31. The number of aliphatic hydroxyl groups excluding tert-OH is 1. The van der Waals surface area contributed by atoms with Crippen molar-refractivity contribution >= 4 is 16.9 Å². The molecule has 0 bridgehead atoms. The molecule has 1 atom stereocenters. The lowest BCUT2D eigenvalue weighted by molar-refractivity contribution is -0.274. The maximum Gasteiger partial charge on any atom is 0.573 e. The molecule has 14 heteroatoms. The number of nitrogens with zero attached hydrogens (tertiary/aromatic N) is 6. The average molecular weight is 662 g/mol. The van der Waals surface area contributed by atoms with E-state index in [-0.39, 0.29) is 17.2 Å². The number of allylic oxidation sites excluding steroid dienone is 1. The highest BCUT2D eigenvalue weighted by Crippen LogP contribution is 2.28. The summed E-state index contributed by atoms with van der Waals surface area (Å²) in [5, 5.41) is 29.7. The molecule has 242 valence electrons. The van der Waals surface area contributed by atoms with Gasteiger partial charge in [0.05, 0.1) is 24.1 Å². The van der Waals surface area contributed by atoms with Crippen molar-refractivity contribution in [3.63, 3.8) is 0 Å². The zero-order valence-electron chi connectivity index (χ0n) is 25.7. The minimum Gasteiger partial charge on any atom is -0.497 e. The number of halogens is 3. The summed E-state index contributed by atoms with van der Waals surface area (Å²) in [5.74, 6) is 0.975. The molecule has 47 heavy (non-hydrogen) atoms. The second-order valence-electron chi connectivity index (χ2n) is 10.5. The van der Waals surface area contributed by atoms with E-state index < -0.39 is 12.7 Å². The first-order valence-corrected chi connectivity index (χ1v) is 15.2. The molecule has 0 aliphatic carbocycles. The van der Waals surface area contributed by atoms with Crippen molar-refractivity contribution in [1.82, 2.24) is 24.6 Å². The van der Waals surface area contributed by atoms with Crippen LogP contribution in [0.15, 0.2) is 89.6 Å². The molecule has 0 fully saturated rings. The summed E-state index contributed by atoms with van der Waals surface area (Å²) in [6, 6.07) is 20.2. The second kappa shape index (κ2) is 13.9. The Kier molecular flexibility index (Phi) is 9.78. The Labute approximate surface area is 272 Å². The minimum absolute atomic E-state index is 0.236. The number of aryl methyl sites for hydroxylation is 1. The number of rotatable bonds is 10. The van der Waals surface area contributed by atoms with Crippen molar-refractivity contribution in [2.45, 2.75) is 39.4 Å². The summed E-state index contributed by atoms with van der Waals surface area (Å²) in [6.07, 6.45) is -3.27. The van der Waals surface area contributed by atoms with E-state index in [1.54, 1.807) is 31.4 Å². The number of thiazole rings is 1. The van der Waals surface area contributed by atoms with E-state index in [0.29, 0.717) is 33.2 Å². The van der Waals surface area contributed by atoms with E-state index in [9.17, 15) is 23.5 Å². The summed E-state index contributed by atoms with van der Waals surface area (Å²) in [7, 11) is 1.61. The number of hydrogen-bond donors (Lipinski definition) is 2. The van der Waals surface area contributed by atoms with Gasteiger partial charge in [-0.15, -0.1) is 29.6 Å². The van der Waals surface area contributed by atoms with Crippen LogP contribution in [0.3, 0.4) is 0 Å². The lowest BCUT2D eigenvalue weighted by Crippen LogP contribution is -2.27.